The molecule has 0 spiro atoms. The molecule has 0 aromatic rings. The van der Waals surface area contributed by atoms with Crippen molar-refractivity contribution in [2.24, 2.45) is 11.8 Å². The maximum Gasteiger partial charge on any atom is 0.0738 e. The summed E-state index contributed by atoms with van der Waals surface area (Å²) in [5.74, 6) is 2.63. The first kappa shape index (κ1) is 16.9. The molecule has 1 unspecified atom stereocenters. The zero-order valence-corrected chi connectivity index (χ0v) is 12.8. The van der Waals surface area contributed by atoms with Crippen LogP contribution in [0.25, 0.3) is 0 Å². The van der Waals surface area contributed by atoms with Gasteiger partial charge in [0.2, 0.25) is 0 Å². The highest BCUT2D eigenvalue weighted by atomic mass is 16.5. The first-order valence-electron chi connectivity index (χ1n) is 6.77. The third-order valence-corrected chi connectivity index (χ3v) is 3.56. The van der Waals surface area contributed by atoms with Crippen molar-refractivity contribution in [3.05, 3.63) is 5.92 Å². The molecule has 103 valence electrons. The zero-order chi connectivity index (χ0) is 13.5. The van der Waals surface area contributed by atoms with Crippen LogP contribution in [0.5, 0.6) is 0 Å². The summed E-state index contributed by atoms with van der Waals surface area (Å²) >= 11 is 0. The molecule has 0 aliphatic carbocycles. The van der Waals surface area contributed by atoms with E-state index in [4.69, 9.17) is 9.47 Å². The molecule has 0 aromatic carbocycles. The minimum atomic E-state index is -0.140. The van der Waals surface area contributed by atoms with Crippen molar-refractivity contribution in [1.29, 1.82) is 0 Å². The molecule has 0 saturated carbocycles. The molecular weight excluding hydrogens is 212 g/mol. The molecule has 0 fully saturated rings. The molecule has 2 heteroatoms. The van der Waals surface area contributed by atoms with Gasteiger partial charge < -0.3 is 9.47 Å². The van der Waals surface area contributed by atoms with E-state index in [-0.39, 0.29) is 5.60 Å². The van der Waals surface area contributed by atoms with Crippen LogP contribution >= 0.6 is 0 Å². The van der Waals surface area contributed by atoms with Gasteiger partial charge in [0, 0.05) is 20.1 Å². The zero-order valence-electron chi connectivity index (χ0n) is 12.8. The highest BCUT2D eigenvalue weighted by Gasteiger charge is 2.36. The van der Waals surface area contributed by atoms with E-state index in [1.165, 1.54) is 18.8 Å². The van der Waals surface area contributed by atoms with E-state index in [1.54, 1.807) is 7.11 Å². The minimum Gasteiger partial charge on any atom is -0.384 e. The Bertz CT molecular complexity index is 189. The number of ether oxygens (including phenoxy) is 2. The normalized spacial score (nSPS) is 15.9. The smallest absolute Gasteiger partial charge is 0.0738 e. The molecule has 0 aromatic heterocycles. The molecule has 0 rings (SSSR count). The Balaban J connectivity index is 4.48. The first-order chi connectivity index (χ1) is 7.87. The van der Waals surface area contributed by atoms with Crippen molar-refractivity contribution < 1.29 is 9.47 Å². The van der Waals surface area contributed by atoms with Crippen LogP contribution < -0.4 is 0 Å². The summed E-state index contributed by atoms with van der Waals surface area (Å²) in [5.41, 5.74) is -0.140. The molecule has 0 aliphatic rings. The Morgan fingerprint density at radius 3 is 2.06 bits per heavy atom. The van der Waals surface area contributed by atoms with Gasteiger partial charge in [-0.2, -0.15) is 0 Å². The van der Waals surface area contributed by atoms with Crippen molar-refractivity contribution in [3.63, 3.8) is 0 Å². The van der Waals surface area contributed by atoms with Crippen LogP contribution in [-0.2, 0) is 9.47 Å². The Labute approximate surface area is 108 Å². The molecule has 0 amide bonds. The van der Waals surface area contributed by atoms with E-state index in [2.05, 4.69) is 34.6 Å². The van der Waals surface area contributed by atoms with Crippen molar-refractivity contribution in [1.82, 2.24) is 0 Å². The lowest BCUT2D eigenvalue weighted by molar-refractivity contribution is -0.0171. The Hall–Kier alpha value is -0.0800. The third-order valence-electron chi connectivity index (χ3n) is 3.56. The van der Waals surface area contributed by atoms with E-state index < -0.39 is 0 Å². The van der Waals surface area contributed by atoms with Crippen molar-refractivity contribution in [2.45, 2.75) is 59.5 Å². The summed E-state index contributed by atoms with van der Waals surface area (Å²) in [5, 5.41) is 0. The summed E-state index contributed by atoms with van der Waals surface area (Å²) in [4.78, 5) is 0. The summed E-state index contributed by atoms with van der Waals surface area (Å²) in [7, 11) is 3.57. The van der Waals surface area contributed by atoms with Gasteiger partial charge in [0.05, 0.1) is 12.2 Å². The predicted octanol–water partition coefficient (Wildman–Crippen LogP) is 4.09. The summed E-state index contributed by atoms with van der Waals surface area (Å²) in [6, 6.07) is 0. The fraction of sp³-hybridized carbons (Fsp3) is 0.933. The summed E-state index contributed by atoms with van der Waals surface area (Å²) in [6.07, 6.45) is 3.55. The maximum absolute atomic E-state index is 5.78. The second-order valence-corrected chi connectivity index (χ2v) is 5.83. The van der Waals surface area contributed by atoms with Crippen LogP contribution in [0, 0.1) is 17.8 Å². The average molecular weight is 243 g/mol. The Morgan fingerprint density at radius 2 is 1.71 bits per heavy atom. The lowest BCUT2D eigenvalue weighted by Gasteiger charge is -2.38. The quantitative estimate of drug-likeness (QED) is 0.607. The van der Waals surface area contributed by atoms with Gasteiger partial charge >= 0.3 is 0 Å². The molecule has 17 heavy (non-hydrogen) atoms. The van der Waals surface area contributed by atoms with E-state index in [1.807, 2.05) is 7.11 Å². The molecular formula is C15H31O2. The number of hydrogen-bond acceptors (Lipinski definition) is 2. The van der Waals surface area contributed by atoms with Gasteiger partial charge in [-0.05, 0) is 25.2 Å². The van der Waals surface area contributed by atoms with E-state index in [0.717, 1.165) is 12.3 Å². The van der Waals surface area contributed by atoms with Gasteiger partial charge in [0.15, 0.2) is 0 Å². The predicted molar refractivity (Wildman–Crippen MR) is 74.1 cm³/mol. The maximum atomic E-state index is 5.78. The van der Waals surface area contributed by atoms with Gasteiger partial charge in [-0.15, -0.1) is 0 Å². The number of rotatable bonds is 9. The number of hydrogen-bond donors (Lipinski definition) is 0. The van der Waals surface area contributed by atoms with E-state index in [0.29, 0.717) is 12.5 Å². The Kier molecular flexibility index (Phi) is 8.06. The first-order valence-corrected chi connectivity index (χ1v) is 6.77. The molecule has 0 saturated heterocycles. The Morgan fingerprint density at radius 1 is 1.12 bits per heavy atom. The monoisotopic (exact) mass is 243 g/mol. The van der Waals surface area contributed by atoms with Crippen LogP contribution in [0.4, 0.5) is 0 Å². The van der Waals surface area contributed by atoms with Gasteiger partial charge in [0.1, 0.15) is 0 Å². The summed E-state index contributed by atoms with van der Waals surface area (Å²) < 4.78 is 11.1. The highest BCUT2D eigenvalue weighted by molar-refractivity contribution is 5.09. The molecule has 1 atom stereocenters. The van der Waals surface area contributed by atoms with Crippen molar-refractivity contribution >= 4 is 0 Å². The SMILES string of the molecule is COC[C](C(C)C)C(C)(CCCC(C)C)OC. The number of methoxy groups -OCH3 is 2. The fourth-order valence-corrected chi connectivity index (χ4v) is 2.33. The highest BCUT2D eigenvalue weighted by Crippen LogP contribution is 2.35. The molecule has 0 bridgehead atoms. The molecule has 0 N–H and O–H groups in total. The van der Waals surface area contributed by atoms with Gasteiger partial charge in [0.25, 0.3) is 0 Å². The molecule has 1 radical (unpaired) electrons. The van der Waals surface area contributed by atoms with E-state index >= 15 is 0 Å². The topological polar surface area (TPSA) is 18.5 Å². The lowest BCUT2D eigenvalue weighted by atomic mass is 9.78. The fourth-order valence-electron chi connectivity index (χ4n) is 2.33. The summed E-state index contributed by atoms with van der Waals surface area (Å²) in [6.45, 7) is 11.9. The molecule has 2 nitrogen and oxygen atoms in total. The van der Waals surface area contributed by atoms with Crippen molar-refractivity contribution in [3.8, 4) is 0 Å². The van der Waals surface area contributed by atoms with Crippen LogP contribution in [0.1, 0.15) is 53.9 Å². The van der Waals surface area contributed by atoms with Gasteiger partial charge in [-0.3, -0.25) is 0 Å². The standard InChI is InChI=1S/C15H31O2/c1-12(2)9-8-10-15(5,17-7)14(11-16-6)13(3)4/h12-13H,8-11H2,1-7H3. The molecule has 0 heterocycles. The molecule has 0 aliphatic heterocycles. The second-order valence-electron chi connectivity index (χ2n) is 5.83. The minimum absolute atomic E-state index is 0.140. The van der Waals surface area contributed by atoms with E-state index in [9.17, 15) is 0 Å². The van der Waals surface area contributed by atoms with Crippen LogP contribution in [0.3, 0.4) is 0 Å². The van der Waals surface area contributed by atoms with Crippen molar-refractivity contribution in [2.75, 3.05) is 20.8 Å². The lowest BCUT2D eigenvalue weighted by Crippen LogP contribution is -2.40. The van der Waals surface area contributed by atoms with Crippen LogP contribution in [0.15, 0.2) is 0 Å². The average Bonchev–Trinajstić information content (AvgIpc) is 2.24. The third kappa shape index (κ3) is 5.87. The van der Waals surface area contributed by atoms with Crippen LogP contribution in [0.2, 0.25) is 0 Å². The second kappa shape index (κ2) is 8.10. The van der Waals surface area contributed by atoms with Gasteiger partial charge in [-0.25, -0.2) is 0 Å². The van der Waals surface area contributed by atoms with Gasteiger partial charge in [-0.1, -0.05) is 40.5 Å². The van der Waals surface area contributed by atoms with Crippen LogP contribution in [-0.4, -0.2) is 26.4 Å². The largest absolute Gasteiger partial charge is 0.384 e.